The van der Waals surface area contributed by atoms with Gasteiger partial charge in [-0.15, -0.1) is 0 Å². The van der Waals surface area contributed by atoms with Crippen molar-refractivity contribution >= 4 is 17.8 Å². The molecule has 1 aromatic carbocycles. The van der Waals surface area contributed by atoms with Gasteiger partial charge in [-0.3, -0.25) is 9.59 Å². The van der Waals surface area contributed by atoms with Crippen LogP contribution in [0.15, 0.2) is 24.3 Å². The lowest BCUT2D eigenvalue weighted by Gasteiger charge is -2.23. The number of hydrogen-bond acceptors (Lipinski definition) is 4. The first-order chi connectivity index (χ1) is 11.7. The van der Waals surface area contributed by atoms with Crippen molar-refractivity contribution in [2.45, 2.75) is 45.7 Å². The topological polar surface area (TPSA) is 84.5 Å². The normalized spacial score (nSPS) is 13.0. The van der Waals surface area contributed by atoms with Gasteiger partial charge in [-0.2, -0.15) is 0 Å². The van der Waals surface area contributed by atoms with Gasteiger partial charge in [0.15, 0.2) is 0 Å². The zero-order valence-electron chi connectivity index (χ0n) is 15.0. The first-order valence-electron chi connectivity index (χ1n) is 8.12. The number of amides is 2. The molecule has 0 aliphatic rings. The smallest absolute Gasteiger partial charge is 0.328 e. The molecule has 0 saturated carbocycles. The van der Waals surface area contributed by atoms with E-state index in [0.717, 1.165) is 0 Å². The molecule has 0 radical (unpaired) electrons. The summed E-state index contributed by atoms with van der Waals surface area (Å²) in [5.41, 5.74) is 0.562. The molecule has 0 aromatic heterocycles. The van der Waals surface area contributed by atoms with E-state index >= 15 is 0 Å². The minimum absolute atomic E-state index is 0.110. The number of esters is 1. The third kappa shape index (κ3) is 7.32. The van der Waals surface area contributed by atoms with Gasteiger partial charge in [0, 0.05) is 13.3 Å². The predicted octanol–water partition coefficient (Wildman–Crippen LogP) is 1.58. The summed E-state index contributed by atoms with van der Waals surface area (Å²) >= 11 is 0. The van der Waals surface area contributed by atoms with Crippen molar-refractivity contribution < 1.29 is 23.5 Å². The summed E-state index contributed by atoms with van der Waals surface area (Å²) in [7, 11) is 1.25. The number of carbonyl (C=O) groups excluding carboxylic acids is 3. The number of rotatable bonds is 8. The molecular weight excluding hydrogens is 327 g/mol. The van der Waals surface area contributed by atoms with Crippen LogP contribution in [-0.4, -0.2) is 37.0 Å². The monoisotopic (exact) mass is 352 g/mol. The molecule has 1 rings (SSSR count). The van der Waals surface area contributed by atoms with Crippen molar-refractivity contribution in [2.24, 2.45) is 5.92 Å². The molecule has 0 aliphatic carbocycles. The van der Waals surface area contributed by atoms with Crippen LogP contribution in [0.3, 0.4) is 0 Å². The van der Waals surface area contributed by atoms with E-state index in [1.165, 1.54) is 32.2 Å². The van der Waals surface area contributed by atoms with Gasteiger partial charge in [0.1, 0.15) is 17.9 Å². The second-order valence-corrected chi connectivity index (χ2v) is 6.30. The molecule has 0 fully saturated rings. The van der Waals surface area contributed by atoms with Gasteiger partial charge in [0.05, 0.1) is 7.11 Å². The van der Waals surface area contributed by atoms with Gasteiger partial charge < -0.3 is 15.4 Å². The predicted molar refractivity (Wildman–Crippen MR) is 91.1 cm³/mol. The summed E-state index contributed by atoms with van der Waals surface area (Å²) in [4.78, 5) is 35.8. The van der Waals surface area contributed by atoms with Crippen LogP contribution in [0.2, 0.25) is 0 Å². The number of carbonyl (C=O) groups is 3. The van der Waals surface area contributed by atoms with E-state index in [2.05, 4.69) is 10.6 Å². The van der Waals surface area contributed by atoms with Crippen LogP contribution in [-0.2, 0) is 25.5 Å². The number of nitrogens with one attached hydrogen (secondary N) is 2. The maximum atomic E-state index is 13.3. The standard InChI is InChI=1S/C18H25FN2O4/c1-11(2)8-16(18(24)25-4)21-17(23)15(20-12(3)22)10-13-6-5-7-14(19)9-13/h5-7,9,11,15-16H,8,10H2,1-4H3,(H,20,22)(H,21,23)/t15-,16+/m1/s1. The summed E-state index contributed by atoms with van der Waals surface area (Å²) in [6.07, 6.45) is 0.518. The summed E-state index contributed by atoms with van der Waals surface area (Å²) in [5, 5.41) is 5.16. The molecule has 0 saturated heterocycles. The Morgan fingerprint density at radius 2 is 1.84 bits per heavy atom. The molecule has 0 spiro atoms. The second-order valence-electron chi connectivity index (χ2n) is 6.30. The summed E-state index contributed by atoms with van der Waals surface area (Å²) < 4.78 is 18.1. The number of benzene rings is 1. The highest BCUT2D eigenvalue weighted by molar-refractivity contribution is 5.90. The third-order valence-corrected chi connectivity index (χ3v) is 3.53. The lowest BCUT2D eigenvalue weighted by Crippen LogP contribution is -2.52. The molecule has 0 heterocycles. The number of hydrogen-bond donors (Lipinski definition) is 2. The van der Waals surface area contributed by atoms with Crippen LogP contribution < -0.4 is 10.6 Å². The van der Waals surface area contributed by atoms with Gasteiger partial charge in [-0.05, 0) is 30.0 Å². The SMILES string of the molecule is COC(=O)[C@H](CC(C)C)NC(=O)[C@@H](Cc1cccc(F)c1)NC(C)=O. The number of halogens is 1. The maximum Gasteiger partial charge on any atom is 0.328 e. The molecule has 0 bridgehead atoms. The Labute approximate surface area is 147 Å². The number of ether oxygens (including phenoxy) is 1. The average molecular weight is 352 g/mol. The van der Waals surface area contributed by atoms with Crippen molar-refractivity contribution in [1.82, 2.24) is 10.6 Å². The fourth-order valence-corrected chi connectivity index (χ4v) is 2.45. The molecule has 2 N–H and O–H groups in total. The largest absolute Gasteiger partial charge is 0.467 e. The fourth-order valence-electron chi connectivity index (χ4n) is 2.45. The van der Waals surface area contributed by atoms with E-state index in [1.54, 1.807) is 6.07 Å². The van der Waals surface area contributed by atoms with Gasteiger partial charge in [0.25, 0.3) is 0 Å². The fraction of sp³-hybridized carbons (Fsp3) is 0.500. The van der Waals surface area contributed by atoms with Crippen molar-refractivity contribution in [3.8, 4) is 0 Å². The van der Waals surface area contributed by atoms with Gasteiger partial charge in [0.2, 0.25) is 11.8 Å². The van der Waals surface area contributed by atoms with Gasteiger partial charge in [-0.1, -0.05) is 26.0 Å². The van der Waals surface area contributed by atoms with Crippen LogP contribution in [0.1, 0.15) is 32.8 Å². The molecule has 0 unspecified atom stereocenters. The van der Waals surface area contributed by atoms with E-state index in [4.69, 9.17) is 4.74 Å². The highest BCUT2D eigenvalue weighted by Crippen LogP contribution is 2.10. The van der Waals surface area contributed by atoms with Crippen LogP contribution in [0.25, 0.3) is 0 Å². The average Bonchev–Trinajstić information content (AvgIpc) is 2.52. The van der Waals surface area contributed by atoms with E-state index < -0.39 is 35.7 Å². The molecule has 1 aromatic rings. The highest BCUT2D eigenvalue weighted by Gasteiger charge is 2.27. The molecule has 2 atom stereocenters. The lowest BCUT2D eigenvalue weighted by molar-refractivity contribution is -0.145. The molecule has 0 aliphatic heterocycles. The Morgan fingerprint density at radius 1 is 1.16 bits per heavy atom. The molecule has 138 valence electrons. The van der Waals surface area contributed by atoms with Crippen molar-refractivity contribution in [1.29, 1.82) is 0 Å². The molecular formula is C18H25FN2O4. The molecule has 25 heavy (non-hydrogen) atoms. The Bertz CT molecular complexity index is 619. The third-order valence-electron chi connectivity index (χ3n) is 3.53. The van der Waals surface area contributed by atoms with E-state index in [9.17, 15) is 18.8 Å². The van der Waals surface area contributed by atoms with E-state index in [1.807, 2.05) is 13.8 Å². The number of methoxy groups -OCH3 is 1. The van der Waals surface area contributed by atoms with E-state index in [-0.39, 0.29) is 12.3 Å². The van der Waals surface area contributed by atoms with Gasteiger partial charge >= 0.3 is 5.97 Å². The minimum atomic E-state index is -0.918. The summed E-state index contributed by atoms with van der Waals surface area (Å²) in [5.74, 6) is -1.72. The quantitative estimate of drug-likeness (QED) is 0.696. The maximum absolute atomic E-state index is 13.3. The molecule has 2 amide bonds. The first-order valence-corrected chi connectivity index (χ1v) is 8.12. The van der Waals surface area contributed by atoms with Crippen LogP contribution >= 0.6 is 0 Å². The molecule has 7 heteroatoms. The van der Waals surface area contributed by atoms with Crippen molar-refractivity contribution in [3.63, 3.8) is 0 Å². The summed E-state index contributed by atoms with van der Waals surface area (Å²) in [6, 6.07) is 4.07. The Hall–Kier alpha value is -2.44. The first kappa shape index (κ1) is 20.6. The van der Waals surface area contributed by atoms with Crippen molar-refractivity contribution in [3.05, 3.63) is 35.6 Å². The second kappa shape index (κ2) is 9.76. The minimum Gasteiger partial charge on any atom is -0.467 e. The van der Waals surface area contributed by atoms with E-state index in [0.29, 0.717) is 12.0 Å². The van der Waals surface area contributed by atoms with Crippen LogP contribution in [0.5, 0.6) is 0 Å². The van der Waals surface area contributed by atoms with Crippen LogP contribution in [0.4, 0.5) is 4.39 Å². The Morgan fingerprint density at radius 3 is 2.36 bits per heavy atom. The Kier molecular flexibility index (Phi) is 8.04. The zero-order chi connectivity index (χ0) is 19.0. The summed E-state index contributed by atoms with van der Waals surface area (Å²) in [6.45, 7) is 5.12. The lowest BCUT2D eigenvalue weighted by atomic mass is 10.0. The van der Waals surface area contributed by atoms with Crippen molar-refractivity contribution in [2.75, 3.05) is 7.11 Å². The Balaban J connectivity index is 2.90. The van der Waals surface area contributed by atoms with Crippen LogP contribution in [0, 0.1) is 11.7 Å². The zero-order valence-corrected chi connectivity index (χ0v) is 15.0. The van der Waals surface area contributed by atoms with Gasteiger partial charge in [-0.25, -0.2) is 9.18 Å². The molecule has 6 nitrogen and oxygen atoms in total. The highest BCUT2D eigenvalue weighted by atomic mass is 19.1.